The molecule has 22 heavy (non-hydrogen) atoms. The number of hydrogen-bond acceptors (Lipinski definition) is 5. The van der Waals surface area contributed by atoms with E-state index in [1.54, 1.807) is 7.11 Å². The molecule has 1 heterocycles. The van der Waals surface area contributed by atoms with Gasteiger partial charge in [0.15, 0.2) is 0 Å². The summed E-state index contributed by atoms with van der Waals surface area (Å²) in [5, 5.41) is 12.4. The number of rotatable bonds is 6. The lowest BCUT2D eigenvalue weighted by molar-refractivity contribution is 0.331. The molecule has 1 N–H and O–H groups in total. The van der Waals surface area contributed by atoms with Crippen LogP contribution in [0.25, 0.3) is 0 Å². The molecule has 0 amide bonds. The Morgan fingerprint density at radius 2 is 1.86 bits per heavy atom. The van der Waals surface area contributed by atoms with Gasteiger partial charge in [0.05, 0.1) is 19.2 Å². The summed E-state index contributed by atoms with van der Waals surface area (Å²) in [7, 11) is 1.63. The maximum absolute atomic E-state index is 9.20. The number of benzene rings is 1. The molecule has 0 saturated carbocycles. The van der Waals surface area contributed by atoms with Crippen molar-refractivity contribution in [2.45, 2.75) is 13.8 Å². The summed E-state index contributed by atoms with van der Waals surface area (Å²) in [5.74, 6) is 2.18. The van der Waals surface area contributed by atoms with Crippen molar-refractivity contribution in [2.24, 2.45) is 0 Å². The van der Waals surface area contributed by atoms with E-state index in [2.05, 4.69) is 16.4 Å². The maximum atomic E-state index is 9.20. The highest BCUT2D eigenvalue weighted by molar-refractivity contribution is 5.56. The Kier molecular flexibility index (Phi) is 5.21. The average molecular weight is 297 g/mol. The lowest BCUT2D eigenvalue weighted by Crippen LogP contribution is -2.14. The van der Waals surface area contributed by atoms with Gasteiger partial charge in [-0.2, -0.15) is 5.26 Å². The van der Waals surface area contributed by atoms with Gasteiger partial charge < -0.3 is 14.8 Å². The molecular weight excluding hydrogens is 278 g/mol. The van der Waals surface area contributed by atoms with Gasteiger partial charge in [-0.25, -0.2) is 4.98 Å². The number of anilines is 1. The van der Waals surface area contributed by atoms with Gasteiger partial charge in [0.25, 0.3) is 0 Å². The van der Waals surface area contributed by atoms with Gasteiger partial charge in [-0.3, -0.25) is 0 Å². The lowest BCUT2D eigenvalue weighted by atomic mass is 10.1. The van der Waals surface area contributed by atoms with Crippen LogP contribution in [0.15, 0.2) is 30.3 Å². The molecule has 1 aromatic heterocycles. The van der Waals surface area contributed by atoms with Gasteiger partial charge in [-0.15, -0.1) is 0 Å². The Morgan fingerprint density at radius 1 is 1.18 bits per heavy atom. The third kappa shape index (κ3) is 3.89. The molecule has 114 valence electrons. The molecule has 0 unspecified atom stereocenters. The van der Waals surface area contributed by atoms with Crippen molar-refractivity contribution in [3.05, 3.63) is 47.2 Å². The SMILES string of the molecule is COc1ccc(OCCNc2nc(C)cc(C)c2C#N)cc1. The molecule has 0 saturated heterocycles. The van der Waals surface area contributed by atoms with E-state index in [9.17, 15) is 5.26 Å². The molecule has 0 spiro atoms. The molecule has 1 aromatic carbocycles. The Hall–Kier alpha value is -2.74. The predicted molar refractivity (Wildman–Crippen MR) is 85.4 cm³/mol. The number of aromatic nitrogens is 1. The molecule has 5 heteroatoms. The summed E-state index contributed by atoms with van der Waals surface area (Å²) in [6.45, 7) is 4.86. The van der Waals surface area contributed by atoms with E-state index in [4.69, 9.17) is 9.47 Å². The second-order valence-electron chi connectivity index (χ2n) is 4.87. The fourth-order valence-electron chi connectivity index (χ4n) is 2.12. The Labute approximate surface area is 130 Å². The first kappa shape index (κ1) is 15.6. The number of pyridine rings is 1. The van der Waals surface area contributed by atoms with Crippen LogP contribution in [0.5, 0.6) is 11.5 Å². The van der Waals surface area contributed by atoms with E-state index < -0.39 is 0 Å². The van der Waals surface area contributed by atoms with Crippen LogP contribution in [0.1, 0.15) is 16.8 Å². The van der Waals surface area contributed by atoms with Crippen molar-refractivity contribution in [3.63, 3.8) is 0 Å². The molecule has 2 aromatic rings. The second-order valence-corrected chi connectivity index (χ2v) is 4.87. The molecule has 0 aliphatic rings. The number of ether oxygens (including phenoxy) is 2. The summed E-state index contributed by atoms with van der Waals surface area (Å²) in [4.78, 5) is 4.37. The molecular formula is C17H19N3O2. The number of nitrogens with zero attached hydrogens (tertiary/aromatic N) is 2. The number of nitriles is 1. The molecule has 5 nitrogen and oxygen atoms in total. The molecule has 0 aliphatic carbocycles. The van der Waals surface area contributed by atoms with Crippen LogP contribution in [0.3, 0.4) is 0 Å². The van der Waals surface area contributed by atoms with Gasteiger partial charge in [0.1, 0.15) is 30.0 Å². The van der Waals surface area contributed by atoms with Crippen molar-refractivity contribution in [2.75, 3.05) is 25.6 Å². The van der Waals surface area contributed by atoms with E-state index in [0.717, 1.165) is 22.8 Å². The van der Waals surface area contributed by atoms with Crippen molar-refractivity contribution >= 4 is 5.82 Å². The van der Waals surface area contributed by atoms with Crippen molar-refractivity contribution in [1.82, 2.24) is 4.98 Å². The third-order valence-corrected chi connectivity index (χ3v) is 3.18. The fraction of sp³-hybridized carbons (Fsp3) is 0.294. The summed E-state index contributed by atoms with van der Waals surface area (Å²) in [6, 6.07) is 11.5. The van der Waals surface area contributed by atoms with Crippen LogP contribution < -0.4 is 14.8 Å². The average Bonchev–Trinajstić information content (AvgIpc) is 2.52. The molecule has 2 rings (SSSR count). The fourth-order valence-corrected chi connectivity index (χ4v) is 2.12. The minimum Gasteiger partial charge on any atom is -0.497 e. The van der Waals surface area contributed by atoms with Gasteiger partial charge in [-0.1, -0.05) is 0 Å². The monoisotopic (exact) mass is 297 g/mol. The zero-order chi connectivity index (χ0) is 15.9. The van der Waals surface area contributed by atoms with Crippen molar-refractivity contribution < 1.29 is 9.47 Å². The van der Waals surface area contributed by atoms with Crippen LogP contribution in [0.2, 0.25) is 0 Å². The van der Waals surface area contributed by atoms with Crippen molar-refractivity contribution in [1.29, 1.82) is 5.26 Å². The smallest absolute Gasteiger partial charge is 0.144 e. The molecule has 0 radical (unpaired) electrons. The quantitative estimate of drug-likeness (QED) is 0.830. The molecule has 0 bridgehead atoms. The second kappa shape index (κ2) is 7.32. The van der Waals surface area contributed by atoms with Gasteiger partial charge in [0, 0.05) is 5.69 Å². The van der Waals surface area contributed by atoms with Gasteiger partial charge in [-0.05, 0) is 49.7 Å². The summed E-state index contributed by atoms with van der Waals surface area (Å²) < 4.78 is 10.7. The third-order valence-electron chi connectivity index (χ3n) is 3.18. The Morgan fingerprint density at radius 3 is 2.50 bits per heavy atom. The number of hydrogen-bond donors (Lipinski definition) is 1. The van der Waals surface area contributed by atoms with E-state index in [-0.39, 0.29) is 0 Å². The standard InChI is InChI=1S/C17H19N3O2/c1-12-10-13(2)20-17(16(12)11-18)19-8-9-22-15-6-4-14(21-3)5-7-15/h4-7,10H,8-9H2,1-3H3,(H,19,20). The van der Waals surface area contributed by atoms with Gasteiger partial charge >= 0.3 is 0 Å². The highest BCUT2D eigenvalue weighted by Gasteiger charge is 2.07. The van der Waals surface area contributed by atoms with E-state index in [1.807, 2.05) is 44.2 Å². The highest BCUT2D eigenvalue weighted by atomic mass is 16.5. The first-order chi connectivity index (χ1) is 10.6. The Bertz CT molecular complexity index is 676. The van der Waals surface area contributed by atoms with E-state index in [1.165, 1.54) is 0 Å². The lowest BCUT2D eigenvalue weighted by Gasteiger charge is -2.11. The summed E-state index contributed by atoms with van der Waals surface area (Å²) in [6.07, 6.45) is 0. The Balaban J connectivity index is 1.90. The largest absolute Gasteiger partial charge is 0.497 e. The van der Waals surface area contributed by atoms with E-state index in [0.29, 0.717) is 24.5 Å². The van der Waals surface area contributed by atoms with Gasteiger partial charge in [0.2, 0.25) is 0 Å². The molecule has 0 fully saturated rings. The van der Waals surface area contributed by atoms with Crippen LogP contribution in [-0.4, -0.2) is 25.2 Å². The molecule has 0 atom stereocenters. The van der Waals surface area contributed by atoms with Crippen LogP contribution in [-0.2, 0) is 0 Å². The van der Waals surface area contributed by atoms with Crippen molar-refractivity contribution in [3.8, 4) is 17.6 Å². The summed E-state index contributed by atoms with van der Waals surface area (Å²) in [5.41, 5.74) is 2.39. The number of methoxy groups -OCH3 is 1. The minimum atomic E-state index is 0.478. The normalized spacial score (nSPS) is 9.91. The predicted octanol–water partition coefficient (Wildman–Crippen LogP) is 3.07. The number of nitrogens with one attached hydrogen (secondary N) is 1. The number of aryl methyl sites for hydroxylation is 2. The maximum Gasteiger partial charge on any atom is 0.144 e. The van der Waals surface area contributed by atoms with Crippen LogP contribution in [0.4, 0.5) is 5.82 Å². The van der Waals surface area contributed by atoms with E-state index >= 15 is 0 Å². The minimum absolute atomic E-state index is 0.478. The zero-order valence-electron chi connectivity index (χ0n) is 13.0. The zero-order valence-corrected chi connectivity index (χ0v) is 13.0. The van der Waals surface area contributed by atoms with Crippen LogP contribution >= 0.6 is 0 Å². The first-order valence-corrected chi connectivity index (χ1v) is 7.03. The van der Waals surface area contributed by atoms with Crippen LogP contribution in [0, 0.1) is 25.2 Å². The molecule has 0 aliphatic heterocycles. The first-order valence-electron chi connectivity index (χ1n) is 7.03. The summed E-state index contributed by atoms with van der Waals surface area (Å²) >= 11 is 0. The topological polar surface area (TPSA) is 67.2 Å². The highest BCUT2D eigenvalue weighted by Crippen LogP contribution is 2.18.